The Kier molecular flexibility index (Phi) is 7.29. The van der Waals surface area contributed by atoms with Crippen molar-refractivity contribution in [2.24, 2.45) is 5.92 Å². The van der Waals surface area contributed by atoms with Crippen LogP contribution in [0.5, 0.6) is 0 Å². The zero-order chi connectivity index (χ0) is 23.2. The number of rotatable bonds is 8. The van der Waals surface area contributed by atoms with Gasteiger partial charge in [0.15, 0.2) is 5.58 Å². The van der Waals surface area contributed by atoms with Crippen LogP contribution in [0.1, 0.15) is 25.7 Å². The highest BCUT2D eigenvalue weighted by Gasteiger charge is 2.27. The highest BCUT2D eigenvalue weighted by atomic mass is 16.4. The van der Waals surface area contributed by atoms with Crippen molar-refractivity contribution in [1.82, 2.24) is 15.2 Å². The van der Waals surface area contributed by atoms with E-state index in [1.807, 2.05) is 24.3 Å². The van der Waals surface area contributed by atoms with E-state index in [9.17, 15) is 4.79 Å². The average Bonchev–Trinajstić information content (AvgIpc) is 3.34. The fraction of sp³-hybridized carbons (Fsp3) is 0.481. The Morgan fingerprint density at radius 2 is 1.62 bits per heavy atom. The van der Waals surface area contributed by atoms with E-state index >= 15 is 0 Å². The lowest BCUT2D eigenvalue weighted by molar-refractivity contribution is -0.125. The zero-order valence-corrected chi connectivity index (χ0v) is 19.9. The molecule has 3 aromatic rings. The lowest BCUT2D eigenvalue weighted by Crippen LogP contribution is -2.46. The van der Waals surface area contributed by atoms with E-state index < -0.39 is 0 Å². The molecule has 3 heterocycles. The van der Waals surface area contributed by atoms with Crippen LogP contribution in [-0.2, 0) is 4.79 Å². The summed E-state index contributed by atoms with van der Waals surface area (Å²) >= 11 is 0. The number of hydrogen-bond donors (Lipinski definition) is 1. The lowest BCUT2D eigenvalue weighted by atomic mass is 9.96. The molecule has 2 aromatic carbocycles. The number of carbonyl (C=O) groups is 1. The van der Waals surface area contributed by atoms with Gasteiger partial charge in [-0.05, 0) is 56.5 Å². The van der Waals surface area contributed by atoms with Crippen molar-refractivity contribution in [3.8, 4) is 0 Å². The average molecular weight is 462 g/mol. The monoisotopic (exact) mass is 461 g/mol. The minimum atomic E-state index is 0.0895. The van der Waals surface area contributed by atoms with Gasteiger partial charge in [-0.15, -0.1) is 0 Å². The van der Waals surface area contributed by atoms with Gasteiger partial charge in [-0.1, -0.05) is 30.3 Å². The van der Waals surface area contributed by atoms with E-state index in [0.717, 1.165) is 89.1 Å². The number of anilines is 2. The van der Waals surface area contributed by atoms with Crippen molar-refractivity contribution in [2.75, 3.05) is 62.2 Å². The molecule has 0 radical (unpaired) electrons. The summed E-state index contributed by atoms with van der Waals surface area (Å²) < 4.78 is 5.88. The smallest absolute Gasteiger partial charge is 0.298 e. The van der Waals surface area contributed by atoms with Gasteiger partial charge in [-0.2, -0.15) is 4.98 Å². The Hall–Kier alpha value is -3.06. The first kappa shape index (κ1) is 22.7. The Morgan fingerprint density at radius 3 is 2.38 bits per heavy atom. The number of fused-ring (bicyclic) bond motifs is 1. The molecule has 0 bridgehead atoms. The second kappa shape index (κ2) is 10.9. The number of benzene rings is 2. The second-order valence-electron chi connectivity index (χ2n) is 9.39. The fourth-order valence-corrected chi connectivity index (χ4v) is 5.01. The van der Waals surface area contributed by atoms with Gasteiger partial charge in [0.05, 0.1) is 0 Å². The first-order valence-corrected chi connectivity index (χ1v) is 12.7. The molecule has 2 fully saturated rings. The Morgan fingerprint density at radius 1 is 0.882 bits per heavy atom. The number of amides is 1. The van der Waals surface area contributed by atoms with Crippen LogP contribution in [0.2, 0.25) is 0 Å². The first-order valence-electron chi connectivity index (χ1n) is 12.7. The molecule has 180 valence electrons. The molecule has 0 unspecified atom stereocenters. The van der Waals surface area contributed by atoms with E-state index in [1.165, 1.54) is 5.69 Å². The molecule has 2 saturated heterocycles. The molecule has 7 heteroatoms. The molecule has 0 atom stereocenters. The molecule has 7 nitrogen and oxygen atoms in total. The molecule has 2 aliphatic rings. The third-order valence-electron chi connectivity index (χ3n) is 7.11. The second-order valence-corrected chi connectivity index (χ2v) is 9.39. The van der Waals surface area contributed by atoms with Gasteiger partial charge in [-0.25, -0.2) is 0 Å². The predicted octanol–water partition coefficient (Wildman–Crippen LogP) is 3.76. The van der Waals surface area contributed by atoms with Crippen LogP contribution in [0, 0.1) is 5.92 Å². The molecular weight excluding hydrogens is 426 g/mol. The maximum Gasteiger partial charge on any atom is 0.298 e. The molecule has 1 N–H and O–H groups in total. The van der Waals surface area contributed by atoms with Crippen molar-refractivity contribution < 1.29 is 9.21 Å². The number of aromatic nitrogens is 1. The van der Waals surface area contributed by atoms with Crippen molar-refractivity contribution in [3.05, 3.63) is 54.6 Å². The standard InChI is InChI=1S/C27H35N5O2/c33-26(22-12-16-32(17-13-22)27-29-24-10-4-5-11-25(24)34-27)28-14-6-7-15-30-18-20-31(21-19-30)23-8-2-1-3-9-23/h1-5,8-11,22H,6-7,12-21H2,(H,28,33). The number of nitrogens with zero attached hydrogens (tertiary/aromatic N) is 4. The van der Waals surface area contributed by atoms with Crippen molar-refractivity contribution in [1.29, 1.82) is 0 Å². The number of unbranched alkanes of at least 4 members (excludes halogenated alkanes) is 1. The summed E-state index contributed by atoms with van der Waals surface area (Å²) in [5.41, 5.74) is 3.02. The molecule has 1 aromatic heterocycles. The molecule has 1 amide bonds. The van der Waals surface area contributed by atoms with Crippen LogP contribution in [0.25, 0.3) is 11.1 Å². The predicted molar refractivity (Wildman–Crippen MR) is 136 cm³/mol. The minimum Gasteiger partial charge on any atom is -0.423 e. The van der Waals surface area contributed by atoms with Crippen molar-refractivity contribution in [2.45, 2.75) is 25.7 Å². The van der Waals surface area contributed by atoms with Gasteiger partial charge in [-0.3, -0.25) is 9.69 Å². The summed E-state index contributed by atoms with van der Waals surface area (Å²) in [5.74, 6) is 0.292. The van der Waals surface area contributed by atoms with Crippen molar-refractivity contribution >= 4 is 28.7 Å². The molecule has 5 rings (SSSR count). The van der Waals surface area contributed by atoms with Crippen LogP contribution in [0.15, 0.2) is 59.0 Å². The van der Waals surface area contributed by atoms with E-state index in [2.05, 4.69) is 55.3 Å². The maximum atomic E-state index is 12.6. The van der Waals surface area contributed by atoms with Crippen LogP contribution in [0.4, 0.5) is 11.7 Å². The third-order valence-corrected chi connectivity index (χ3v) is 7.11. The Labute approximate surface area is 201 Å². The largest absolute Gasteiger partial charge is 0.423 e. The highest BCUT2D eigenvalue weighted by molar-refractivity contribution is 5.79. The normalized spacial score (nSPS) is 17.9. The first-order chi connectivity index (χ1) is 16.8. The molecule has 0 aliphatic carbocycles. The van der Waals surface area contributed by atoms with Gasteiger partial charge in [0, 0.05) is 57.4 Å². The fourth-order valence-electron chi connectivity index (χ4n) is 5.01. The highest BCUT2D eigenvalue weighted by Crippen LogP contribution is 2.26. The van der Waals surface area contributed by atoms with Gasteiger partial charge in [0.1, 0.15) is 5.52 Å². The molecule has 0 spiro atoms. The molecular formula is C27H35N5O2. The zero-order valence-electron chi connectivity index (χ0n) is 19.9. The number of nitrogens with one attached hydrogen (secondary N) is 1. The molecule has 2 aliphatic heterocycles. The van der Waals surface area contributed by atoms with Gasteiger partial charge < -0.3 is 19.5 Å². The number of piperazine rings is 1. The quantitative estimate of drug-likeness (QED) is 0.516. The summed E-state index contributed by atoms with van der Waals surface area (Å²) in [6, 6.07) is 19.2. The number of para-hydroxylation sites is 3. The molecule has 0 saturated carbocycles. The van der Waals surface area contributed by atoms with Crippen LogP contribution in [-0.4, -0.2) is 68.1 Å². The van der Waals surface area contributed by atoms with Crippen LogP contribution >= 0.6 is 0 Å². The van der Waals surface area contributed by atoms with Gasteiger partial charge >= 0.3 is 0 Å². The van der Waals surface area contributed by atoms with Crippen LogP contribution < -0.4 is 15.1 Å². The summed E-state index contributed by atoms with van der Waals surface area (Å²) in [5, 5.41) is 3.17. The number of carbonyl (C=O) groups excluding carboxylic acids is 1. The molecule has 34 heavy (non-hydrogen) atoms. The van der Waals surface area contributed by atoms with E-state index in [1.54, 1.807) is 0 Å². The topological polar surface area (TPSA) is 64.9 Å². The maximum absolute atomic E-state index is 12.6. The van der Waals surface area contributed by atoms with E-state index in [4.69, 9.17) is 4.42 Å². The number of oxazole rings is 1. The summed E-state index contributed by atoms with van der Waals surface area (Å²) in [7, 11) is 0. The summed E-state index contributed by atoms with van der Waals surface area (Å²) in [6.45, 7) is 7.89. The van der Waals surface area contributed by atoms with Crippen molar-refractivity contribution in [3.63, 3.8) is 0 Å². The lowest BCUT2D eigenvalue weighted by Gasteiger charge is -2.36. The minimum absolute atomic E-state index is 0.0895. The van der Waals surface area contributed by atoms with Gasteiger partial charge in [0.25, 0.3) is 6.01 Å². The van der Waals surface area contributed by atoms with E-state index in [-0.39, 0.29) is 11.8 Å². The summed E-state index contributed by atoms with van der Waals surface area (Å²) in [4.78, 5) is 24.4. The summed E-state index contributed by atoms with van der Waals surface area (Å²) in [6.07, 6.45) is 3.85. The van der Waals surface area contributed by atoms with E-state index in [0.29, 0.717) is 6.01 Å². The number of hydrogen-bond acceptors (Lipinski definition) is 6. The van der Waals surface area contributed by atoms with Gasteiger partial charge in [0.2, 0.25) is 5.91 Å². The number of piperidine rings is 1. The Balaban J connectivity index is 0.956. The SMILES string of the molecule is O=C(NCCCCN1CCN(c2ccccc2)CC1)C1CCN(c2nc3ccccc3o2)CC1. The third kappa shape index (κ3) is 5.53. The Bertz CT molecular complexity index is 1020. The van der Waals surface area contributed by atoms with Crippen LogP contribution in [0.3, 0.4) is 0 Å².